The van der Waals surface area contributed by atoms with E-state index >= 15 is 0 Å². The van der Waals surface area contributed by atoms with Gasteiger partial charge in [-0.15, -0.1) is 0 Å². The standard InChI is InChI=1S/C11H25N/c1-4-7-11(3,8-5-2)9-6-10-12/h4-10,12H2,1-3H3. The van der Waals surface area contributed by atoms with Crippen LogP contribution in [0.5, 0.6) is 0 Å². The molecule has 0 atom stereocenters. The van der Waals surface area contributed by atoms with Crippen LogP contribution in [0.4, 0.5) is 0 Å². The highest BCUT2D eigenvalue weighted by Gasteiger charge is 2.20. The molecule has 0 aromatic heterocycles. The van der Waals surface area contributed by atoms with Gasteiger partial charge >= 0.3 is 0 Å². The van der Waals surface area contributed by atoms with Gasteiger partial charge < -0.3 is 5.73 Å². The minimum absolute atomic E-state index is 0.572. The molecule has 1 heteroatoms. The van der Waals surface area contributed by atoms with Gasteiger partial charge in [0.2, 0.25) is 0 Å². The van der Waals surface area contributed by atoms with E-state index in [1.165, 1.54) is 38.5 Å². The lowest BCUT2D eigenvalue weighted by Gasteiger charge is -2.28. The Hall–Kier alpha value is -0.0400. The van der Waals surface area contributed by atoms with Crippen molar-refractivity contribution in [1.82, 2.24) is 0 Å². The molecule has 0 aromatic carbocycles. The maximum atomic E-state index is 5.53. The summed E-state index contributed by atoms with van der Waals surface area (Å²) in [5, 5.41) is 0. The molecule has 0 aliphatic rings. The molecule has 0 saturated carbocycles. The van der Waals surface area contributed by atoms with E-state index in [1.54, 1.807) is 0 Å². The summed E-state index contributed by atoms with van der Waals surface area (Å²) in [5.74, 6) is 0. The van der Waals surface area contributed by atoms with Crippen molar-refractivity contribution in [2.45, 2.75) is 59.3 Å². The molecule has 2 N–H and O–H groups in total. The summed E-state index contributed by atoms with van der Waals surface area (Å²) >= 11 is 0. The first kappa shape index (κ1) is 12.0. The fourth-order valence-corrected chi connectivity index (χ4v) is 2.11. The summed E-state index contributed by atoms with van der Waals surface area (Å²) in [7, 11) is 0. The van der Waals surface area contributed by atoms with Crippen LogP contribution in [0.1, 0.15) is 59.3 Å². The summed E-state index contributed by atoms with van der Waals surface area (Å²) in [6, 6.07) is 0. The monoisotopic (exact) mass is 171 g/mol. The maximum Gasteiger partial charge on any atom is -0.00771 e. The van der Waals surface area contributed by atoms with Crippen LogP contribution in [0.15, 0.2) is 0 Å². The highest BCUT2D eigenvalue weighted by atomic mass is 14.5. The number of hydrogen-bond donors (Lipinski definition) is 1. The van der Waals surface area contributed by atoms with Gasteiger partial charge in [0.15, 0.2) is 0 Å². The van der Waals surface area contributed by atoms with Crippen LogP contribution >= 0.6 is 0 Å². The summed E-state index contributed by atoms with van der Waals surface area (Å²) in [6.45, 7) is 7.81. The van der Waals surface area contributed by atoms with Crippen molar-refractivity contribution >= 4 is 0 Å². The predicted molar refractivity (Wildman–Crippen MR) is 56.2 cm³/mol. The molecule has 0 spiro atoms. The molecule has 0 radical (unpaired) electrons. The molecule has 1 nitrogen and oxygen atoms in total. The lowest BCUT2D eigenvalue weighted by atomic mass is 9.77. The van der Waals surface area contributed by atoms with E-state index in [1.807, 2.05) is 0 Å². The third-order valence-corrected chi connectivity index (χ3v) is 2.69. The van der Waals surface area contributed by atoms with Crippen molar-refractivity contribution in [1.29, 1.82) is 0 Å². The lowest BCUT2D eigenvalue weighted by molar-refractivity contribution is 0.239. The number of rotatable bonds is 7. The van der Waals surface area contributed by atoms with E-state index in [-0.39, 0.29) is 0 Å². The van der Waals surface area contributed by atoms with Crippen molar-refractivity contribution in [3.8, 4) is 0 Å². The van der Waals surface area contributed by atoms with Crippen LogP contribution in [0, 0.1) is 5.41 Å². The molecule has 0 heterocycles. The Balaban J connectivity index is 3.80. The topological polar surface area (TPSA) is 26.0 Å². The Kier molecular flexibility index (Phi) is 6.45. The summed E-state index contributed by atoms with van der Waals surface area (Å²) < 4.78 is 0. The van der Waals surface area contributed by atoms with Gasteiger partial charge in [-0.1, -0.05) is 33.6 Å². The third kappa shape index (κ3) is 4.76. The second kappa shape index (κ2) is 6.47. The van der Waals surface area contributed by atoms with Crippen molar-refractivity contribution in [2.75, 3.05) is 6.54 Å². The second-order valence-electron chi connectivity index (χ2n) is 4.20. The van der Waals surface area contributed by atoms with Crippen LogP contribution in [-0.2, 0) is 0 Å². The quantitative estimate of drug-likeness (QED) is 0.624. The highest BCUT2D eigenvalue weighted by Crippen LogP contribution is 2.33. The van der Waals surface area contributed by atoms with Crippen LogP contribution < -0.4 is 5.73 Å². The lowest BCUT2D eigenvalue weighted by Crippen LogP contribution is -2.17. The molecule has 0 unspecified atom stereocenters. The average Bonchev–Trinajstić information content (AvgIpc) is 2.02. The maximum absolute atomic E-state index is 5.53. The Labute approximate surface area is 77.7 Å². The zero-order valence-electron chi connectivity index (χ0n) is 9.03. The van der Waals surface area contributed by atoms with Gasteiger partial charge in [0.1, 0.15) is 0 Å². The van der Waals surface area contributed by atoms with Crippen LogP contribution in [0.2, 0.25) is 0 Å². The van der Waals surface area contributed by atoms with Gasteiger partial charge in [-0.2, -0.15) is 0 Å². The molecule has 12 heavy (non-hydrogen) atoms. The van der Waals surface area contributed by atoms with Gasteiger partial charge in [-0.05, 0) is 37.6 Å². The van der Waals surface area contributed by atoms with E-state index in [0.29, 0.717) is 5.41 Å². The zero-order valence-corrected chi connectivity index (χ0v) is 9.03. The highest BCUT2D eigenvalue weighted by molar-refractivity contribution is 4.73. The molecular formula is C11H25N. The molecular weight excluding hydrogens is 146 g/mol. The molecule has 74 valence electrons. The third-order valence-electron chi connectivity index (χ3n) is 2.69. The largest absolute Gasteiger partial charge is 0.330 e. The summed E-state index contributed by atoms with van der Waals surface area (Å²) in [5.41, 5.74) is 6.10. The van der Waals surface area contributed by atoms with Gasteiger partial charge in [0.25, 0.3) is 0 Å². The smallest absolute Gasteiger partial charge is 0.00771 e. The average molecular weight is 171 g/mol. The van der Waals surface area contributed by atoms with Crippen LogP contribution in [0.3, 0.4) is 0 Å². The Bertz CT molecular complexity index is 93.2. The molecule has 0 rings (SSSR count). The summed E-state index contributed by atoms with van der Waals surface area (Å²) in [6.07, 6.45) is 7.84. The van der Waals surface area contributed by atoms with E-state index < -0.39 is 0 Å². The first-order valence-corrected chi connectivity index (χ1v) is 5.38. The van der Waals surface area contributed by atoms with Crippen molar-refractivity contribution in [2.24, 2.45) is 11.1 Å². The minimum atomic E-state index is 0.572. The van der Waals surface area contributed by atoms with Gasteiger partial charge in [-0.25, -0.2) is 0 Å². The van der Waals surface area contributed by atoms with E-state index in [2.05, 4.69) is 20.8 Å². The van der Waals surface area contributed by atoms with Gasteiger partial charge in [0.05, 0.1) is 0 Å². The fourth-order valence-electron chi connectivity index (χ4n) is 2.11. The Morgan fingerprint density at radius 3 is 1.83 bits per heavy atom. The van der Waals surface area contributed by atoms with Gasteiger partial charge in [0, 0.05) is 0 Å². The van der Waals surface area contributed by atoms with Crippen LogP contribution in [-0.4, -0.2) is 6.54 Å². The first-order valence-electron chi connectivity index (χ1n) is 5.38. The van der Waals surface area contributed by atoms with Crippen molar-refractivity contribution in [3.05, 3.63) is 0 Å². The fraction of sp³-hybridized carbons (Fsp3) is 1.00. The van der Waals surface area contributed by atoms with E-state index in [9.17, 15) is 0 Å². The zero-order chi connectivity index (χ0) is 9.45. The molecule has 0 fully saturated rings. The molecule has 0 bridgehead atoms. The number of hydrogen-bond acceptors (Lipinski definition) is 1. The molecule has 0 saturated heterocycles. The molecule has 0 amide bonds. The van der Waals surface area contributed by atoms with E-state index in [4.69, 9.17) is 5.73 Å². The Morgan fingerprint density at radius 1 is 1.00 bits per heavy atom. The Morgan fingerprint density at radius 2 is 1.50 bits per heavy atom. The van der Waals surface area contributed by atoms with Crippen LogP contribution in [0.25, 0.3) is 0 Å². The number of nitrogens with two attached hydrogens (primary N) is 1. The SMILES string of the molecule is CCCC(C)(CCC)CCCN. The van der Waals surface area contributed by atoms with Crippen molar-refractivity contribution < 1.29 is 0 Å². The molecule has 0 aliphatic heterocycles. The van der Waals surface area contributed by atoms with Crippen molar-refractivity contribution in [3.63, 3.8) is 0 Å². The minimum Gasteiger partial charge on any atom is -0.330 e. The van der Waals surface area contributed by atoms with Gasteiger partial charge in [-0.3, -0.25) is 0 Å². The molecule has 0 aliphatic carbocycles. The summed E-state index contributed by atoms with van der Waals surface area (Å²) in [4.78, 5) is 0. The molecule has 0 aromatic rings. The first-order chi connectivity index (χ1) is 5.68. The second-order valence-corrected chi connectivity index (χ2v) is 4.20. The van der Waals surface area contributed by atoms with E-state index in [0.717, 1.165) is 6.54 Å². The predicted octanol–water partition coefficient (Wildman–Crippen LogP) is 3.33. The normalized spacial score (nSPS) is 12.0.